The highest BCUT2D eigenvalue weighted by molar-refractivity contribution is 5.76. The number of hydrogen-bond acceptors (Lipinski definition) is 7. The summed E-state index contributed by atoms with van der Waals surface area (Å²) in [7, 11) is 0. The van der Waals surface area contributed by atoms with E-state index in [4.69, 9.17) is 0 Å². The molecule has 32 heavy (non-hydrogen) atoms. The average molecular weight is 417 g/mol. The van der Waals surface area contributed by atoms with E-state index in [9.17, 15) is 4.79 Å². The molecule has 4 heterocycles. The Morgan fingerprint density at radius 1 is 0.875 bits per heavy atom. The van der Waals surface area contributed by atoms with Gasteiger partial charge in [-0.15, -0.1) is 0 Å². The molecule has 0 saturated carbocycles. The second-order valence-corrected chi connectivity index (χ2v) is 6.77. The third-order valence-electron chi connectivity index (χ3n) is 4.64. The van der Waals surface area contributed by atoms with Crippen molar-refractivity contribution in [1.29, 1.82) is 0 Å². The van der Waals surface area contributed by atoms with E-state index >= 15 is 0 Å². The first-order valence-electron chi connectivity index (χ1n) is 9.70. The number of benzene rings is 1. The normalized spacial score (nSPS) is 10.4. The van der Waals surface area contributed by atoms with Crippen molar-refractivity contribution in [3.8, 4) is 23.1 Å². The van der Waals surface area contributed by atoms with Crippen molar-refractivity contribution in [2.45, 2.75) is 0 Å². The summed E-state index contributed by atoms with van der Waals surface area (Å²) < 4.78 is 1.71. The number of aldehydes is 1. The van der Waals surface area contributed by atoms with Gasteiger partial charge in [-0.25, -0.2) is 24.5 Å². The summed E-state index contributed by atoms with van der Waals surface area (Å²) in [6, 6.07) is 16.5. The molecule has 0 amide bonds. The summed E-state index contributed by atoms with van der Waals surface area (Å²) in [6.07, 6.45) is 7.31. The number of carbonyl (C=O) groups excluding carboxylic acids is 1. The number of carbonyl (C=O) groups is 1. The smallest absolute Gasteiger partial charge is 0.154 e. The van der Waals surface area contributed by atoms with E-state index in [1.165, 1.54) is 6.33 Å². The molecule has 1 N–H and O–H groups in total. The van der Waals surface area contributed by atoms with E-state index in [-0.39, 0.29) is 0 Å². The van der Waals surface area contributed by atoms with E-state index < -0.39 is 0 Å². The predicted octanol–water partition coefficient (Wildman–Crippen LogP) is 3.54. The van der Waals surface area contributed by atoms with E-state index in [0.29, 0.717) is 28.5 Å². The third-order valence-corrected chi connectivity index (χ3v) is 4.64. The van der Waals surface area contributed by atoms with Crippen molar-refractivity contribution in [2.24, 2.45) is 0 Å². The standard InChI is InChI=1S/C24H15N7O/c32-15-18-1-4-19(5-2-18)21-7-8-24-27-14-20(31(24)30-21)6-3-17-9-12-26-23(13-17)29-22-10-11-25-16-28-22/h1-2,4-5,7-16H,(H,25,26,28,29). The van der Waals surface area contributed by atoms with Crippen LogP contribution in [0.15, 0.2) is 79.5 Å². The van der Waals surface area contributed by atoms with Crippen LogP contribution in [-0.4, -0.2) is 35.8 Å². The van der Waals surface area contributed by atoms with E-state index in [0.717, 1.165) is 23.1 Å². The van der Waals surface area contributed by atoms with E-state index in [1.807, 2.05) is 36.4 Å². The molecule has 0 saturated heterocycles. The van der Waals surface area contributed by atoms with Crippen LogP contribution in [0.2, 0.25) is 0 Å². The molecule has 0 unspecified atom stereocenters. The molecule has 0 radical (unpaired) electrons. The van der Waals surface area contributed by atoms with Crippen molar-refractivity contribution in [1.82, 2.24) is 29.5 Å². The van der Waals surface area contributed by atoms with Crippen molar-refractivity contribution >= 4 is 23.6 Å². The molecule has 0 aliphatic carbocycles. The Hall–Kier alpha value is -4.90. The molecule has 0 spiro atoms. The van der Waals surface area contributed by atoms with Crippen LogP contribution in [0.25, 0.3) is 16.9 Å². The molecule has 0 bridgehead atoms. The molecule has 0 aliphatic heterocycles. The van der Waals surface area contributed by atoms with Gasteiger partial charge in [0, 0.05) is 29.1 Å². The highest BCUT2D eigenvalue weighted by atomic mass is 16.1. The zero-order valence-corrected chi connectivity index (χ0v) is 16.7. The summed E-state index contributed by atoms with van der Waals surface area (Å²) in [6.45, 7) is 0. The summed E-state index contributed by atoms with van der Waals surface area (Å²) in [5.74, 6) is 7.55. The molecule has 0 aliphatic rings. The number of imidazole rings is 1. The van der Waals surface area contributed by atoms with Crippen LogP contribution in [-0.2, 0) is 0 Å². The Labute approximate surface area is 183 Å². The lowest BCUT2D eigenvalue weighted by Gasteiger charge is -2.03. The molecule has 0 atom stereocenters. The number of nitrogens with zero attached hydrogens (tertiary/aromatic N) is 6. The minimum Gasteiger partial charge on any atom is -0.325 e. The van der Waals surface area contributed by atoms with Gasteiger partial charge in [0.15, 0.2) is 5.65 Å². The van der Waals surface area contributed by atoms with Gasteiger partial charge in [-0.05, 0) is 36.3 Å². The lowest BCUT2D eigenvalue weighted by Crippen LogP contribution is -1.97. The molecule has 152 valence electrons. The Bertz CT molecular complexity index is 1470. The number of rotatable bonds is 4. The number of fused-ring (bicyclic) bond motifs is 1. The van der Waals surface area contributed by atoms with Gasteiger partial charge in [0.1, 0.15) is 29.9 Å². The van der Waals surface area contributed by atoms with Gasteiger partial charge >= 0.3 is 0 Å². The second-order valence-electron chi connectivity index (χ2n) is 6.77. The number of anilines is 2. The van der Waals surface area contributed by atoms with Gasteiger partial charge in [0.25, 0.3) is 0 Å². The maximum Gasteiger partial charge on any atom is 0.154 e. The van der Waals surface area contributed by atoms with Gasteiger partial charge in [-0.2, -0.15) is 5.10 Å². The highest BCUT2D eigenvalue weighted by Crippen LogP contribution is 2.18. The fraction of sp³-hybridized carbons (Fsp3) is 0. The molecule has 4 aromatic heterocycles. The topological polar surface area (TPSA) is 98.0 Å². The number of aromatic nitrogens is 6. The average Bonchev–Trinajstić information content (AvgIpc) is 3.26. The maximum atomic E-state index is 10.9. The van der Waals surface area contributed by atoms with Gasteiger partial charge in [-0.3, -0.25) is 4.79 Å². The first-order chi connectivity index (χ1) is 15.8. The van der Waals surface area contributed by atoms with Crippen LogP contribution in [0, 0.1) is 11.8 Å². The van der Waals surface area contributed by atoms with E-state index in [2.05, 4.69) is 42.2 Å². The van der Waals surface area contributed by atoms with Crippen LogP contribution in [0.3, 0.4) is 0 Å². The quantitative estimate of drug-likeness (QED) is 0.353. The molecule has 1 aromatic carbocycles. The Balaban J connectivity index is 1.44. The first-order valence-corrected chi connectivity index (χ1v) is 9.70. The zero-order valence-electron chi connectivity index (χ0n) is 16.7. The number of pyridine rings is 1. The van der Waals surface area contributed by atoms with E-state index in [1.54, 1.807) is 41.3 Å². The predicted molar refractivity (Wildman–Crippen MR) is 119 cm³/mol. The summed E-state index contributed by atoms with van der Waals surface area (Å²) in [5.41, 5.74) is 4.43. The molecule has 8 nitrogen and oxygen atoms in total. The van der Waals surface area contributed by atoms with Crippen LogP contribution in [0.5, 0.6) is 0 Å². The van der Waals surface area contributed by atoms with Gasteiger partial charge in [-0.1, -0.05) is 30.2 Å². The molecule has 5 rings (SSSR count). The first kappa shape index (κ1) is 19.1. The fourth-order valence-electron chi connectivity index (χ4n) is 3.05. The van der Waals surface area contributed by atoms with Crippen LogP contribution < -0.4 is 5.32 Å². The summed E-state index contributed by atoms with van der Waals surface area (Å²) >= 11 is 0. The summed E-state index contributed by atoms with van der Waals surface area (Å²) in [4.78, 5) is 27.6. The molecule has 5 aromatic rings. The number of nitrogens with one attached hydrogen (secondary N) is 1. The molecular weight excluding hydrogens is 402 g/mol. The van der Waals surface area contributed by atoms with Gasteiger partial charge < -0.3 is 5.32 Å². The molecule has 0 fully saturated rings. The van der Waals surface area contributed by atoms with Crippen molar-refractivity contribution in [3.63, 3.8) is 0 Å². The second kappa shape index (κ2) is 8.45. The van der Waals surface area contributed by atoms with Crippen LogP contribution in [0.1, 0.15) is 21.6 Å². The van der Waals surface area contributed by atoms with Gasteiger partial charge in [0.05, 0.1) is 11.9 Å². The van der Waals surface area contributed by atoms with Crippen molar-refractivity contribution < 1.29 is 4.79 Å². The maximum absolute atomic E-state index is 10.9. The fourth-order valence-corrected chi connectivity index (χ4v) is 3.05. The minimum atomic E-state index is 0.620. The molecular formula is C24H15N7O. The Kier molecular flexibility index (Phi) is 5.04. The lowest BCUT2D eigenvalue weighted by atomic mass is 10.1. The number of hydrogen-bond donors (Lipinski definition) is 1. The zero-order chi connectivity index (χ0) is 21.8. The molecule has 8 heteroatoms. The SMILES string of the molecule is O=Cc1ccc(-c2ccc3ncc(C#Cc4ccnc(Nc5ccncn5)c4)n3n2)cc1. The Morgan fingerprint density at radius 3 is 2.59 bits per heavy atom. The monoisotopic (exact) mass is 417 g/mol. The van der Waals surface area contributed by atoms with Crippen molar-refractivity contribution in [2.75, 3.05) is 5.32 Å². The Morgan fingerprint density at radius 2 is 1.78 bits per heavy atom. The summed E-state index contributed by atoms with van der Waals surface area (Å²) in [5, 5.41) is 7.79. The van der Waals surface area contributed by atoms with Crippen LogP contribution >= 0.6 is 0 Å². The largest absolute Gasteiger partial charge is 0.325 e. The lowest BCUT2D eigenvalue weighted by molar-refractivity contribution is 0.112. The van der Waals surface area contributed by atoms with Gasteiger partial charge in [0.2, 0.25) is 0 Å². The van der Waals surface area contributed by atoms with Crippen LogP contribution in [0.4, 0.5) is 11.6 Å². The third kappa shape index (κ3) is 4.04. The van der Waals surface area contributed by atoms with Crippen molar-refractivity contribution in [3.05, 3.63) is 96.3 Å². The highest BCUT2D eigenvalue weighted by Gasteiger charge is 2.06. The minimum absolute atomic E-state index is 0.620.